The molecular weight excluding hydrogens is 329 g/mol. The number of hydrogen-bond donors (Lipinski definition) is 2. The van der Waals surface area contributed by atoms with Crippen molar-refractivity contribution in [1.82, 2.24) is 0 Å². The monoisotopic (exact) mass is 348 g/mol. The fourth-order valence-electron chi connectivity index (χ4n) is 3.09. The quantitative estimate of drug-likeness (QED) is 0.816. The molecule has 1 aliphatic rings. The van der Waals surface area contributed by atoms with Crippen LogP contribution in [0.15, 0.2) is 36.4 Å². The predicted octanol–water partition coefficient (Wildman–Crippen LogP) is 4.23. The summed E-state index contributed by atoms with van der Waals surface area (Å²) in [5, 5.41) is 2.85. The van der Waals surface area contributed by atoms with E-state index < -0.39 is 17.5 Å². The minimum absolute atomic E-state index is 0.0419. The third-order valence-electron chi connectivity index (χ3n) is 4.61. The maximum absolute atomic E-state index is 13.3. The van der Waals surface area contributed by atoms with Crippen LogP contribution in [0.25, 0.3) is 11.1 Å². The van der Waals surface area contributed by atoms with Crippen molar-refractivity contribution >= 4 is 11.6 Å². The molecule has 0 atom stereocenters. The Morgan fingerprint density at radius 2 is 1.48 bits per heavy atom. The fourth-order valence-corrected chi connectivity index (χ4v) is 3.09. The summed E-state index contributed by atoms with van der Waals surface area (Å²) in [6, 6.07) is 8.62. The molecule has 0 unspecified atom stereocenters. The van der Waals surface area contributed by atoms with Crippen LogP contribution in [0.5, 0.6) is 0 Å². The Bertz CT molecular complexity index is 746. The number of carbonyl (C=O) groups is 1. The number of hydrogen-bond acceptors (Lipinski definition) is 2. The van der Waals surface area contributed by atoms with Crippen molar-refractivity contribution in [1.29, 1.82) is 0 Å². The van der Waals surface area contributed by atoms with Crippen LogP contribution in [-0.2, 0) is 4.79 Å². The van der Waals surface area contributed by atoms with Gasteiger partial charge in [-0.3, -0.25) is 4.79 Å². The van der Waals surface area contributed by atoms with Gasteiger partial charge in [-0.1, -0.05) is 12.1 Å². The number of nitrogens with one attached hydrogen (secondary N) is 1. The van der Waals surface area contributed by atoms with E-state index in [1.807, 2.05) is 0 Å². The highest BCUT2D eigenvalue weighted by Crippen LogP contribution is 2.27. The minimum Gasteiger partial charge on any atom is -0.328 e. The zero-order valence-electron chi connectivity index (χ0n) is 13.6. The highest BCUT2D eigenvalue weighted by atomic mass is 19.2. The van der Waals surface area contributed by atoms with E-state index in [1.165, 1.54) is 0 Å². The van der Waals surface area contributed by atoms with Crippen molar-refractivity contribution in [2.45, 2.75) is 31.7 Å². The van der Waals surface area contributed by atoms with Crippen molar-refractivity contribution < 1.29 is 18.0 Å². The number of halogens is 3. The summed E-state index contributed by atoms with van der Waals surface area (Å²) >= 11 is 0. The molecule has 2 aromatic carbocycles. The normalized spacial score (nSPS) is 20.3. The lowest BCUT2D eigenvalue weighted by Crippen LogP contribution is -2.32. The summed E-state index contributed by atoms with van der Waals surface area (Å²) in [5.41, 5.74) is 7.21. The van der Waals surface area contributed by atoms with Crippen LogP contribution in [0.2, 0.25) is 0 Å². The van der Waals surface area contributed by atoms with Crippen molar-refractivity contribution in [3.8, 4) is 11.1 Å². The Hall–Kier alpha value is -2.34. The van der Waals surface area contributed by atoms with Crippen LogP contribution in [0.3, 0.4) is 0 Å². The van der Waals surface area contributed by atoms with Crippen LogP contribution in [0.4, 0.5) is 18.9 Å². The molecule has 1 aliphatic carbocycles. The zero-order valence-corrected chi connectivity index (χ0v) is 13.6. The highest BCUT2D eigenvalue weighted by molar-refractivity contribution is 5.92. The Morgan fingerprint density at radius 1 is 0.920 bits per heavy atom. The van der Waals surface area contributed by atoms with Crippen molar-refractivity contribution in [3.63, 3.8) is 0 Å². The second kappa shape index (κ2) is 7.27. The lowest BCUT2D eigenvalue weighted by atomic mass is 9.86. The topological polar surface area (TPSA) is 55.1 Å². The molecule has 0 aliphatic heterocycles. The first-order valence-corrected chi connectivity index (χ1v) is 8.25. The SMILES string of the molecule is NC1CCC(C(=O)Nc2ccc(-c3cc(F)c(F)c(F)c3)cc2)CC1. The average molecular weight is 348 g/mol. The Kier molecular flexibility index (Phi) is 5.08. The van der Waals surface area contributed by atoms with Crippen LogP contribution in [-0.4, -0.2) is 11.9 Å². The Balaban J connectivity index is 1.69. The number of rotatable bonds is 3. The van der Waals surface area contributed by atoms with Gasteiger partial charge in [0.1, 0.15) is 0 Å². The van der Waals surface area contributed by atoms with Gasteiger partial charge in [-0.05, 0) is 61.1 Å². The predicted molar refractivity (Wildman–Crippen MR) is 90.3 cm³/mol. The molecule has 132 valence electrons. The molecule has 3 rings (SSSR count). The highest BCUT2D eigenvalue weighted by Gasteiger charge is 2.24. The summed E-state index contributed by atoms with van der Waals surface area (Å²) in [6.45, 7) is 0. The number of anilines is 1. The molecule has 1 saturated carbocycles. The summed E-state index contributed by atoms with van der Waals surface area (Å²) in [5.74, 6) is -4.04. The molecule has 0 heterocycles. The lowest BCUT2D eigenvalue weighted by molar-refractivity contribution is -0.120. The van der Waals surface area contributed by atoms with Gasteiger partial charge < -0.3 is 11.1 Å². The Morgan fingerprint density at radius 3 is 2.04 bits per heavy atom. The molecule has 1 amide bonds. The van der Waals surface area contributed by atoms with Gasteiger partial charge in [0.25, 0.3) is 0 Å². The smallest absolute Gasteiger partial charge is 0.227 e. The van der Waals surface area contributed by atoms with Gasteiger partial charge in [-0.2, -0.15) is 0 Å². The van der Waals surface area contributed by atoms with E-state index in [0.717, 1.165) is 37.8 Å². The second-order valence-electron chi connectivity index (χ2n) is 6.43. The number of nitrogens with two attached hydrogens (primary N) is 1. The molecule has 0 saturated heterocycles. The van der Waals surface area contributed by atoms with Crippen LogP contribution < -0.4 is 11.1 Å². The van der Waals surface area contributed by atoms with Gasteiger partial charge in [0.2, 0.25) is 5.91 Å². The first-order valence-electron chi connectivity index (χ1n) is 8.25. The van der Waals surface area contributed by atoms with Crippen molar-refractivity contribution in [3.05, 3.63) is 53.8 Å². The average Bonchev–Trinajstić information content (AvgIpc) is 2.60. The van der Waals surface area contributed by atoms with Gasteiger partial charge in [0, 0.05) is 17.6 Å². The number of benzene rings is 2. The summed E-state index contributed by atoms with van der Waals surface area (Å²) in [7, 11) is 0. The lowest BCUT2D eigenvalue weighted by Gasteiger charge is -2.25. The molecule has 6 heteroatoms. The molecule has 2 aromatic rings. The maximum atomic E-state index is 13.3. The maximum Gasteiger partial charge on any atom is 0.227 e. The van der Waals surface area contributed by atoms with Crippen LogP contribution in [0, 0.1) is 23.4 Å². The third kappa shape index (κ3) is 4.02. The largest absolute Gasteiger partial charge is 0.328 e. The van der Waals surface area contributed by atoms with Crippen molar-refractivity contribution in [2.75, 3.05) is 5.32 Å². The molecule has 0 radical (unpaired) electrons. The van der Waals surface area contributed by atoms with E-state index >= 15 is 0 Å². The van der Waals surface area contributed by atoms with E-state index in [4.69, 9.17) is 5.73 Å². The molecule has 3 N–H and O–H groups in total. The summed E-state index contributed by atoms with van der Waals surface area (Å²) in [6.07, 6.45) is 3.25. The first kappa shape index (κ1) is 17.5. The number of carbonyl (C=O) groups excluding carboxylic acids is 1. The van der Waals surface area contributed by atoms with Gasteiger partial charge in [0.05, 0.1) is 0 Å². The number of amides is 1. The van der Waals surface area contributed by atoms with Crippen molar-refractivity contribution in [2.24, 2.45) is 11.7 Å². The molecule has 25 heavy (non-hydrogen) atoms. The van der Waals surface area contributed by atoms with Gasteiger partial charge >= 0.3 is 0 Å². The Labute approximate surface area is 144 Å². The minimum atomic E-state index is -1.49. The van der Waals surface area contributed by atoms with Gasteiger partial charge in [0.15, 0.2) is 17.5 Å². The fraction of sp³-hybridized carbons (Fsp3) is 0.316. The molecular formula is C19H19F3N2O. The second-order valence-corrected chi connectivity index (χ2v) is 6.43. The molecule has 1 fully saturated rings. The van der Waals surface area contributed by atoms with Crippen LogP contribution in [0.1, 0.15) is 25.7 Å². The van der Waals surface area contributed by atoms with E-state index in [0.29, 0.717) is 11.3 Å². The van der Waals surface area contributed by atoms with Gasteiger partial charge in [-0.25, -0.2) is 13.2 Å². The van der Waals surface area contributed by atoms with E-state index in [2.05, 4.69) is 5.32 Å². The summed E-state index contributed by atoms with van der Waals surface area (Å²) in [4.78, 5) is 12.3. The molecule has 3 nitrogen and oxygen atoms in total. The van der Waals surface area contributed by atoms with Gasteiger partial charge in [-0.15, -0.1) is 0 Å². The summed E-state index contributed by atoms with van der Waals surface area (Å²) < 4.78 is 39.7. The third-order valence-corrected chi connectivity index (χ3v) is 4.61. The van der Waals surface area contributed by atoms with Crippen LogP contribution >= 0.6 is 0 Å². The van der Waals surface area contributed by atoms with E-state index in [9.17, 15) is 18.0 Å². The molecule has 0 bridgehead atoms. The van der Waals surface area contributed by atoms with E-state index in [-0.39, 0.29) is 23.4 Å². The first-order chi connectivity index (χ1) is 11.9. The molecule has 0 aromatic heterocycles. The molecule has 0 spiro atoms. The standard InChI is InChI=1S/C19H19F3N2O/c20-16-9-13(10-17(21)18(16)22)11-3-7-15(8-4-11)24-19(25)12-1-5-14(23)6-2-12/h3-4,7-10,12,14H,1-2,5-6,23H2,(H,24,25). The zero-order chi connectivity index (χ0) is 18.0. The van der Waals surface area contributed by atoms with E-state index in [1.54, 1.807) is 24.3 Å².